The van der Waals surface area contributed by atoms with Crippen LogP contribution in [0.15, 0.2) is 42.5 Å². The first-order valence-electron chi connectivity index (χ1n) is 7.22. The molecule has 116 valence electrons. The van der Waals surface area contributed by atoms with Gasteiger partial charge >= 0.3 is 6.09 Å². The van der Waals surface area contributed by atoms with Gasteiger partial charge in [0.1, 0.15) is 17.9 Å². The molecule has 1 atom stereocenters. The molecule has 2 aromatic carbocycles. The zero-order valence-corrected chi connectivity index (χ0v) is 13.4. The van der Waals surface area contributed by atoms with Gasteiger partial charge in [0.2, 0.25) is 0 Å². The molecule has 0 saturated heterocycles. The highest BCUT2D eigenvalue weighted by atomic mass is 16.6. The van der Waals surface area contributed by atoms with Crippen LogP contribution < -0.4 is 0 Å². The number of aldehydes is 1. The molecule has 1 amide bonds. The molecule has 4 nitrogen and oxygen atoms in total. The van der Waals surface area contributed by atoms with Gasteiger partial charge in [0.15, 0.2) is 0 Å². The normalized spacial score (nSPS) is 12.7. The quantitative estimate of drug-likeness (QED) is 0.806. The standard InChI is InChI=1S/C18H21NO3/c1-18(2,3)22-17(21)19(4)16(12-20)15-11-7-9-13-8-5-6-10-14(13)15/h5-12,16H,1-4H3. The predicted molar refractivity (Wildman–Crippen MR) is 86.8 cm³/mol. The van der Waals surface area contributed by atoms with Gasteiger partial charge in [-0.2, -0.15) is 0 Å². The van der Waals surface area contributed by atoms with E-state index < -0.39 is 17.7 Å². The van der Waals surface area contributed by atoms with Crippen molar-refractivity contribution in [1.82, 2.24) is 4.90 Å². The van der Waals surface area contributed by atoms with Crippen molar-refractivity contribution in [2.24, 2.45) is 0 Å². The van der Waals surface area contributed by atoms with Crippen LogP contribution in [0.2, 0.25) is 0 Å². The Labute approximate surface area is 130 Å². The summed E-state index contributed by atoms with van der Waals surface area (Å²) in [7, 11) is 1.58. The van der Waals surface area contributed by atoms with Crippen LogP contribution in [-0.2, 0) is 9.53 Å². The minimum atomic E-state index is -0.680. The summed E-state index contributed by atoms with van der Waals surface area (Å²) in [6.07, 6.45) is 0.253. The molecule has 0 aliphatic carbocycles. The molecule has 0 saturated carbocycles. The van der Waals surface area contributed by atoms with E-state index in [4.69, 9.17) is 4.74 Å². The highest BCUT2D eigenvalue weighted by Gasteiger charge is 2.27. The van der Waals surface area contributed by atoms with Crippen LogP contribution in [-0.4, -0.2) is 29.9 Å². The van der Waals surface area contributed by atoms with Crippen molar-refractivity contribution in [3.63, 3.8) is 0 Å². The molecule has 0 aliphatic rings. The Morgan fingerprint density at radius 1 is 1.14 bits per heavy atom. The Kier molecular flexibility index (Phi) is 4.50. The summed E-state index contributed by atoms with van der Waals surface area (Å²) in [5.74, 6) is 0. The maximum atomic E-state index is 12.2. The molecule has 0 N–H and O–H groups in total. The van der Waals surface area contributed by atoms with Crippen LogP contribution >= 0.6 is 0 Å². The maximum Gasteiger partial charge on any atom is 0.410 e. The largest absolute Gasteiger partial charge is 0.444 e. The molecule has 0 aliphatic heterocycles. The number of carbonyl (C=O) groups is 2. The van der Waals surface area contributed by atoms with Crippen molar-refractivity contribution < 1.29 is 14.3 Å². The Hall–Kier alpha value is -2.36. The van der Waals surface area contributed by atoms with Crippen molar-refractivity contribution in [3.8, 4) is 0 Å². The molecule has 22 heavy (non-hydrogen) atoms. The Morgan fingerprint density at radius 2 is 1.77 bits per heavy atom. The SMILES string of the molecule is CN(C(=O)OC(C)(C)C)C(C=O)c1cccc2ccccc12. The second-order valence-corrected chi connectivity index (χ2v) is 6.24. The molecule has 0 spiro atoms. The first-order chi connectivity index (χ1) is 10.3. The van der Waals surface area contributed by atoms with Gasteiger partial charge in [-0.05, 0) is 37.1 Å². The number of likely N-dealkylation sites (N-methyl/N-ethyl adjacent to an activating group) is 1. The monoisotopic (exact) mass is 299 g/mol. The average molecular weight is 299 g/mol. The lowest BCUT2D eigenvalue weighted by Crippen LogP contribution is -2.37. The Morgan fingerprint density at radius 3 is 2.41 bits per heavy atom. The number of fused-ring (bicyclic) bond motifs is 1. The summed E-state index contributed by atoms with van der Waals surface area (Å²) in [4.78, 5) is 25.2. The molecule has 0 fully saturated rings. The second kappa shape index (κ2) is 6.18. The lowest BCUT2D eigenvalue weighted by molar-refractivity contribution is -0.112. The van der Waals surface area contributed by atoms with Crippen molar-refractivity contribution in [3.05, 3.63) is 48.0 Å². The average Bonchev–Trinajstić information content (AvgIpc) is 2.46. The van der Waals surface area contributed by atoms with Crippen LogP contribution in [0.25, 0.3) is 10.8 Å². The summed E-state index contributed by atoms with van der Waals surface area (Å²) in [5, 5.41) is 1.99. The molecule has 4 heteroatoms. The molecule has 0 aromatic heterocycles. The van der Waals surface area contributed by atoms with E-state index in [0.717, 1.165) is 22.6 Å². The molecular weight excluding hydrogens is 278 g/mol. The Balaban J connectivity index is 2.38. The molecule has 2 rings (SSSR count). The zero-order valence-electron chi connectivity index (χ0n) is 13.4. The van der Waals surface area contributed by atoms with Gasteiger partial charge in [0, 0.05) is 7.05 Å². The summed E-state index contributed by atoms with van der Waals surface area (Å²) in [5.41, 5.74) is 0.193. The van der Waals surface area contributed by atoms with E-state index in [2.05, 4.69) is 0 Å². The lowest BCUT2D eigenvalue weighted by atomic mass is 9.99. The second-order valence-electron chi connectivity index (χ2n) is 6.24. The number of ether oxygens (including phenoxy) is 1. The van der Waals surface area contributed by atoms with Gasteiger partial charge in [-0.1, -0.05) is 42.5 Å². The van der Waals surface area contributed by atoms with Crippen LogP contribution in [0.4, 0.5) is 4.79 Å². The highest BCUT2D eigenvalue weighted by Crippen LogP contribution is 2.27. The van der Waals surface area contributed by atoms with Crippen LogP contribution in [0, 0.1) is 0 Å². The molecule has 0 bridgehead atoms. The molecule has 0 heterocycles. The van der Waals surface area contributed by atoms with E-state index in [1.807, 2.05) is 42.5 Å². The van der Waals surface area contributed by atoms with Crippen LogP contribution in [0.3, 0.4) is 0 Å². The summed E-state index contributed by atoms with van der Waals surface area (Å²) in [6, 6.07) is 12.8. The fourth-order valence-electron chi connectivity index (χ4n) is 2.33. The van der Waals surface area contributed by atoms with Gasteiger partial charge in [0.05, 0.1) is 0 Å². The summed E-state index contributed by atoms with van der Waals surface area (Å²) < 4.78 is 5.34. The third-order valence-corrected chi connectivity index (χ3v) is 3.37. The van der Waals surface area contributed by atoms with Gasteiger partial charge < -0.3 is 9.53 Å². The van der Waals surface area contributed by atoms with Crippen molar-refractivity contribution in [1.29, 1.82) is 0 Å². The lowest BCUT2D eigenvalue weighted by Gasteiger charge is -2.28. The fourth-order valence-corrected chi connectivity index (χ4v) is 2.33. The minimum Gasteiger partial charge on any atom is -0.444 e. The van der Waals surface area contributed by atoms with E-state index in [0.29, 0.717) is 0 Å². The van der Waals surface area contributed by atoms with Crippen molar-refractivity contribution >= 4 is 23.2 Å². The third kappa shape index (κ3) is 3.45. The number of hydrogen-bond donors (Lipinski definition) is 0. The molecule has 2 aromatic rings. The molecule has 1 unspecified atom stereocenters. The van der Waals surface area contributed by atoms with Crippen molar-refractivity contribution in [2.75, 3.05) is 7.05 Å². The van der Waals surface area contributed by atoms with Gasteiger partial charge in [-0.15, -0.1) is 0 Å². The predicted octanol–water partition coefficient (Wildman–Crippen LogP) is 3.95. The van der Waals surface area contributed by atoms with Gasteiger partial charge in [-0.3, -0.25) is 4.90 Å². The summed E-state index contributed by atoms with van der Waals surface area (Å²) in [6.45, 7) is 5.39. The maximum absolute atomic E-state index is 12.2. The van der Waals surface area contributed by atoms with E-state index in [1.54, 1.807) is 27.8 Å². The number of hydrogen-bond acceptors (Lipinski definition) is 3. The fraction of sp³-hybridized carbons (Fsp3) is 0.333. The summed E-state index contributed by atoms with van der Waals surface area (Å²) >= 11 is 0. The number of amides is 1. The first-order valence-corrected chi connectivity index (χ1v) is 7.22. The minimum absolute atomic E-state index is 0.516. The van der Waals surface area contributed by atoms with Crippen LogP contribution in [0.5, 0.6) is 0 Å². The number of rotatable bonds is 3. The Bertz CT molecular complexity index is 683. The molecule has 0 radical (unpaired) electrons. The van der Waals surface area contributed by atoms with E-state index in [9.17, 15) is 9.59 Å². The third-order valence-electron chi connectivity index (χ3n) is 3.37. The van der Waals surface area contributed by atoms with Crippen molar-refractivity contribution in [2.45, 2.75) is 32.4 Å². The zero-order chi connectivity index (χ0) is 16.3. The number of benzene rings is 2. The molecular formula is C18H21NO3. The van der Waals surface area contributed by atoms with Gasteiger partial charge in [0.25, 0.3) is 0 Å². The van der Waals surface area contributed by atoms with E-state index >= 15 is 0 Å². The number of carbonyl (C=O) groups excluding carboxylic acids is 2. The topological polar surface area (TPSA) is 46.6 Å². The highest BCUT2D eigenvalue weighted by molar-refractivity contribution is 5.89. The first kappa shape index (κ1) is 16.0. The van der Waals surface area contributed by atoms with Gasteiger partial charge in [-0.25, -0.2) is 4.79 Å². The van der Waals surface area contributed by atoms with E-state index in [1.165, 1.54) is 4.90 Å². The van der Waals surface area contributed by atoms with Crippen LogP contribution in [0.1, 0.15) is 32.4 Å². The number of nitrogens with zero attached hydrogens (tertiary/aromatic N) is 1. The van der Waals surface area contributed by atoms with E-state index in [-0.39, 0.29) is 0 Å². The smallest absolute Gasteiger partial charge is 0.410 e.